The van der Waals surface area contributed by atoms with Gasteiger partial charge in [-0.3, -0.25) is 19.0 Å². The highest BCUT2D eigenvalue weighted by molar-refractivity contribution is 6.29. The largest absolute Gasteiger partial charge is 0.524 e. The first-order valence-electron chi connectivity index (χ1n) is 11.1. The molecule has 2 unspecified atom stereocenters. The number of aromatic nitrogens is 2. The summed E-state index contributed by atoms with van der Waals surface area (Å²) >= 11 is 6.41. The third-order valence-corrected chi connectivity index (χ3v) is 6.35. The van der Waals surface area contributed by atoms with E-state index in [0.29, 0.717) is 24.1 Å². The molecule has 0 bridgehead atoms. The van der Waals surface area contributed by atoms with Gasteiger partial charge in [-0.05, 0) is 30.9 Å². The van der Waals surface area contributed by atoms with Gasteiger partial charge in [0.15, 0.2) is 5.06 Å². The number of hydrogen-bond acceptors (Lipinski definition) is 4. The Hall–Kier alpha value is -3.11. The number of piperidine rings is 1. The average molecular weight is 509 g/mol. The van der Waals surface area contributed by atoms with Crippen molar-refractivity contribution < 1.29 is 27.5 Å². The van der Waals surface area contributed by atoms with E-state index in [0.717, 1.165) is 12.8 Å². The average Bonchev–Trinajstić information content (AvgIpc) is 3.24. The number of likely N-dealkylation sites (tertiary alicyclic amines) is 1. The SMILES string of the molecule is Cn1cc(C(=O)N2CCCCC2C(=O)NC2=CC=C(c3ccccc3)C(Cl)(OC(F)(F)F)C2)cn1. The number of alkyl halides is 4. The molecule has 1 saturated heterocycles. The van der Waals surface area contributed by atoms with Gasteiger partial charge >= 0.3 is 6.36 Å². The first-order chi connectivity index (χ1) is 16.6. The fourth-order valence-electron chi connectivity index (χ4n) is 4.38. The van der Waals surface area contributed by atoms with Crippen LogP contribution in [0.4, 0.5) is 13.2 Å². The van der Waals surface area contributed by atoms with E-state index in [1.165, 1.54) is 27.9 Å². The Morgan fingerprint density at radius 2 is 1.94 bits per heavy atom. The van der Waals surface area contributed by atoms with Gasteiger partial charge in [-0.25, -0.2) is 0 Å². The number of carbonyl (C=O) groups excluding carboxylic acids is 2. The molecule has 2 amide bonds. The molecule has 1 N–H and O–H groups in total. The molecule has 0 saturated carbocycles. The molecule has 1 aliphatic heterocycles. The van der Waals surface area contributed by atoms with Gasteiger partial charge in [0.1, 0.15) is 6.04 Å². The van der Waals surface area contributed by atoms with Crippen LogP contribution >= 0.6 is 11.6 Å². The summed E-state index contributed by atoms with van der Waals surface area (Å²) in [4.78, 5) is 27.6. The molecular weight excluding hydrogens is 485 g/mol. The van der Waals surface area contributed by atoms with E-state index in [-0.39, 0.29) is 17.2 Å². The maximum Gasteiger partial charge on any atom is 0.524 e. The Labute approximate surface area is 205 Å². The normalized spacial score (nSPS) is 22.9. The molecule has 1 aliphatic carbocycles. The van der Waals surface area contributed by atoms with Gasteiger partial charge < -0.3 is 10.2 Å². The number of amides is 2. The van der Waals surface area contributed by atoms with E-state index in [9.17, 15) is 22.8 Å². The van der Waals surface area contributed by atoms with Crippen molar-refractivity contribution in [3.63, 3.8) is 0 Å². The van der Waals surface area contributed by atoms with Crippen LogP contribution in [0.3, 0.4) is 0 Å². The number of aryl methyl sites for hydroxylation is 1. The van der Waals surface area contributed by atoms with E-state index in [4.69, 9.17) is 11.6 Å². The van der Waals surface area contributed by atoms with Crippen LogP contribution in [-0.2, 0) is 16.6 Å². The zero-order chi connectivity index (χ0) is 25.2. The molecule has 0 spiro atoms. The molecule has 2 aromatic rings. The highest BCUT2D eigenvalue weighted by atomic mass is 35.5. The van der Waals surface area contributed by atoms with Crippen LogP contribution < -0.4 is 5.32 Å². The molecule has 0 radical (unpaired) electrons. The van der Waals surface area contributed by atoms with Crippen molar-refractivity contribution >= 4 is 29.0 Å². The standard InChI is InChI=1S/C24H24ClF3N4O3/c1-31-15-17(14-29-31)22(34)32-12-6-5-9-20(32)21(33)30-18-10-11-19(16-7-3-2-4-8-16)23(25,13-18)35-24(26,27)28/h2-4,7-8,10-11,14-15,20H,5-6,9,12-13H2,1H3,(H,30,33). The smallest absolute Gasteiger partial charge is 0.328 e. The van der Waals surface area contributed by atoms with Crippen LogP contribution in [0, 0.1) is 0 Å². The molecule has 186 valence electrons. The molecule has 7 nitrogen and oxygen atoms in total. The predicted molar refractivity (Wildman–Crippen MR) is 123 cm³/mol. The molecule has 1 aromatic heterocycles. The Morgan fingerprint density at radius 3 is 2.60 bits per heavy atom. The van der Waals surface area contributed by atoms with Crippen LogP contribution in [-0.4, -0.2) is 50.5 Å². The highest BCUT2D eigenvalue weighted by Gasteiger charge is 2.47. The van der Waals surface area contributed by atoms with Gasteiger partial charge in [0.25, 0.3) is 5.91 Å². The van der Waals surface area contributed by atoms with E-state index in [1.807, 2.05) is 0 Å². The molecule has 2 atom stereocenters. The number of rotatable bonds is 5. The number of nitrogens with one attached hydrogen (secondary N) is 1. The molecule has 11 heteroatoms. The molecular formula is C24H24ClF3N4O3. The number of nitrogens with zero attached hydrogens (tertiary/aromatic N) is 3. The molecule has 1 fully saturated rings. The second-order valence-corrected chi connectivity index (χ2v) is 9.10. The van der Waals surface area contributed by atoms with Crippen molar-refractivity contribution in [3.05, 3.63) is 71.7 Å². The van der Waals surface area contributed by atoms with E-state index >= 15 is 0 Å². The summed E-state index contributed by atoms with van der Waals surface area (Å²) in [5, 5.41) is 4.41. The Bertz CT molecular complexity index is 1160. The maximum atomic E-state index is 13.3. The second-order valence-electron chi connectivity index (χ2n) is 8.49. The first kappa shape index (κ1) is 25.0. The lowest BCUT2D eigenvalue weighted by Crippen LogP contribution is -2.52. The van der Waals surface area contributed by atoms with Crippen LogP contribution in [0.2, 0.25) is 0 Å². The van der Waals surface area contributed by atoms with Gasteiger partial charge in [0, 0.05) is 37.5 Å². The predicted octanol–water partition coefficient (Wildman–Crippen LogP) is 4.37. The summed E-state index contributed by atoms with van der Waals surface area (Å²) in [6, 6.07) is 7.58. The van der Waals surface area contributed by atoms with Crippen LogP contribution in [0.5, 0.6) is 0 Å². The lowest BCUT2D eigenvalue weighted by molar-refractivity contribution is -0.342. The van der Waals surface area contributed by atoms with Gasteiger partial charge in [-0.2, -0.15) is 5.10 Å². The Balaban J connectivity index is 1.56. The molecule has 1 aromatic carbocycles. The molecule has 4 rings (SSSR count). The van der Waals surface area contributed by atoms with Crippen LogP contribution in [0.25, 0.3) is 5.57 Å². The van der Waals surface area contributed by atoms with Crippen molar-refractivity contribution in [1.29, 1.82) is 0 Å². The fraction of sp³-hybridized carbons (Fsp3) is 0.375. The lowest BCUT2D eigenvalue weighted by atomic mass is 9.92. The number of hydrogen-bond donors (Lipinski definition) is 1. The number of ether oxygens (including phenoxy) is 1. The summed E-state index contributed by atoms with van der Waals surface area (Å²) in [6.07, 6.45) is 2.41. The summed E-state index contributed by atoms with van der Waals surface area (Å²) in [5.41, 5.74) is 1.11. The summed E-state index contributed by atoms with van der Waals surface area (Å²) in [6.45, 7) is 0.388. The van der Waals surface area contributed by atoms with Crippen molar-refractivity contribution in [2.75, 3.05) is 6.54 Å². The topological polar surface area (TPSA) is 76.5 Å². The summed E-state index contributed by atoms with van der Waals surface area (Å²) in [5.74, 6) is -0.815. The molecule has 35 heavy (non-hydrogen) atoms. The number of halogens is 4. The van der Waals surface area contributed by atoms with Crippen LogP contribution in [0.15, 0.2) is 60.6 Å². The van der Waals surface area contributed by atoms with Gasteiger partial charge in [0.05, 0.1) is 11.8 Å². The lowest BCUT2D eigenvalue weighted by Gasteiger charge is -2.36. The molecule has 2 aliphatic rings. The number of allylic oxidation sites excluding steroid dienone is 2. The second kappa shape index (κ2) is 9.87. The zero-order valence-electron chi connectivity index (χ0n) is 18.9. The first-order valence-corrected chi connectivity index (χ1v) is 11.5. The summed E-state index contributed by atoms with van der Waals surface area (Å²) in [7, 11) is 1.69. The molecule has 2 heterocycles. The minimum absolute atomic E-state index is 0.126. The minimum atomic E-state index is -5.00. The maximum absolute atomic E-state index is 13.3. The highest BCUT2D eigenvalue weighted by Crippen LogP contribution is 2.45. The van der Waals surface area contributed by atoms with Crippen LogP contribution in [0.1, 0.15) is 41.6 Å². The van der Waals surface area contributed by atoms with Crippen molar-refractivity contribution in [1.82, 2.24) is 20.0 Å². The van der Waals surface area contributed by atoms with Crippen molar-refractivity contribution in [2.24, 2.45) is 7.05 Å². The van der Waals surface area contributed by atoms with Gasteiger partial charge in [-0.1, -0.05) is 48.0 Å². The quantitative estimate of drug-likeness (QED) is 0.608. The van der Waals surface area contributed by atoms with E-state index in [1.54, 1.807) is 43.6 Å². The van der Waals surface area contributed by atoms with Crippen molar-refractivity contribution in [3.8, 4) is 0 Å². The Kier molecular flexibility index (Phi) is 7.05. The van der Waals surface area contributed by atoms with Gasteiger partial charge in [0.2, 0.25) is 5.91 Å². The fourth-order valence-corrected chi connectivity index (χ4v) is 4.79. The van der Waals surface area contributed by atoms with E-state index < -0.39 is 29.8 Å². The van der Waals surface area contributed by atoms with E-state index in [2.05, 4.69) is 15.2 Å². The Morgan fingerprint density at radius 1 is 1.20 bits per heavy atom. The zero-order valence-corrected chi connectivity index (χ0v) is 19.6. The number of benzene rings is 1. The number of carbonyl (C=O) groups is 2. The minimum Gasteiger partial charge on any atom is -0.328 e. The van der Waals surface area contributed by atoms with Crippen molar-refractivity contribution in [2.45, 2.75) is 43.1 Å². The van der Waals surface area contributed by atoms with Gasteiger partial charge in [-0.15, -0.1) is 13.2 Å². The summed E-state index contributed by atoms with van der Waals surface area (Å²) < 4.78 is 45.6. The third kappa shape index (κ3) is 5.76. The third-order valence-electron chi connectivity index (χ3n) is 5.94. The monoisotopic (exact) mass is 508 g/mol.